The predicted octanol–water partition coefficient (Wildman–Crippen LogP) is 2.35. The molecule has 27 heavy (non-hydrogen) atoms. The Morgan fingerprint density at radius 1 is 1.19 bits per heavy atom. The topological polar surface area (TPSA) is 89.1 Å². The fraction of sp³-hybridized carbons (Fsp3) is 0.263. The molecule has 0 spiro atoms. The Bertz CT molecular complexity index is 885. The van der Waals surface area contributed by atoms with Crippen molar-refractivity contribution in [2.45, 2.75) is 12.5 Å². The number of rotatable bonds is 4. The van der Waals surface area contributed by atoms with Gasteiger partial charge in [-0.25, -0.2) is 4.79 Å². The summed E-state index contributed by atoms with van der Waals surface area (Å²) in [6.07, 6.45) is 0.242. The summed E-state index contributed by atoms with van der Waals surface area (Å²) < 4.78 is 15.7. The first-order chi connectivity index (χ1) is 13.1. The van der Waals surface area contributed by atoms with E-state index in [2.05, 4.69) is 10.6 Å². The minimum absolute atomic E-state index is 0.0448. The van der Waals surface area contributed by atoms with Crippen LogP contribution in [-0.4, -0.2) is 38.4 Å². The number of hydrogen-bond acceptors (Lipinski definition) is 5. The Morgan fingerprint density at radius 2 is 2.04 bits per heavy atom. The summed E-state index contributed by atoms with van der Waals surface area (Å²) in [4.78, 5) is 26.3. The third kappa shape index (κ3) is 3.59. The zero-order chi connectivity index (χ0) is 18.8. The molecule has 2 heterocycles. The van der Waals surface area contributed by atoms with Crippen LogP contribution in [0.1, 0.15) is 6.42 Å². The van der Waals surface area contributed by atoms with E-state index in [0.29, 0.717) is 29.5 Å². The predicted molar refractivity (Wildman–Crippen MR) is 98.5 cm³/mol. The molecule has 0 unspecified atom stereocenters. The van der Waals surface area contributed by atoms with Gasteiger partial charge in [0.15, 0.2) is 11.5 Å². The lowest BCUT2D eigenvalue weighted by molar-refractivity contribution is -0.117. The van der Waals surface area contributed by atoms with E-state index in [1.54, 1.807) is 36.3 Å². The van der Waals surface area contributed by atoms with Gasteiger partial charge in [0.05, 0.1) is 13.2 Å². The Balaban J connectivity index is 1.37. The highest BCUT2D eigenvalue weighted by Gasteiger charge is 2.31. The SMILES string of the molecule is COc1cccc(N2C[C@@H](NC(=O)Nc3ccc4c(c3)OCO4)CC2=O)c1. The van der Waals surface area contributed by atoms with Crippen LogP contribution in [0.3, 0.4) is 0 Å². The second-order valence-corrected chi connectivity index (χ2v) is 6.27. The molecule has 0 saturated carbocycles. The zero-order valence-corrected chi connectivity index (χ0v) is 14.7. The largest absolute Gasteiger partial charge is 0.497 e. The number of fused-ring (bicyclic) bond motifs is 1. The number of ether oxygens (including phenoxy) is 3. The normalized spacial score (nSPS) is 17.7. The molecule has 8 nitrogen and oxygen atoms in total. The molecular weight excluding hydrogens is 350 g/mol. The van der Waals surface area contributed by atoms with E-state index in [-0.39, 0.29) is 31.2 Å². The standard InChI is InChI=1S/C19H19N3O5/c1-25-15-4-2-3-14(9-15)22-10-13(8-18(22)23)21-19(24)20-12-5-6-16-17(7-12)27-11-26-16/h2-7,9,13H,8,10-11H2,1H3,(H2,20,21,24)/t13-/m0/s1. The lowest BCUT2D eigenvalue weighted by Gasteiger charge is -2.18. The number of hydrogen-bond donors (Lipinski definition) is 2. The average molecular weight is 369 g/mol. The van der Waals surface area contributed by atoms with E-state index in [9.17, 15) is 9.59 Å². The second-order valence-electron chi connectivity index (χ2n) is 6.27. The van der Waals surface area contributed by atoms with Crippen molar-refractivity contribution >= 4 is 23.3 Å². The van der Waals surface area contributed by atoms with Gasteiger partial charge >= 0.3 is 6.03 Å². The second kappa shape index (κ2) is 7.06. The van der Waals surface area contributed by atoms with Gasteiger partial charge in [0.2, 0.25) is 12.7 Å². The van der Waals surface area contributed by atoms with Crippen LogP contribution in [-0.2, 0) is 4.79 Å². The summed E-state index contributed by atoms with van der Waals surface area (Å²) in [5.41, 5.74) is 1.34. The third-order valence-corrected chi connectivity index (χ3v) is 4.46. The first-order valence-corrected chi connectivity index (χ1v) is 8.54. The number of urea groups is 1. The van der Waals surface area contributed by atoms with Crippen LogP contribution in [0.4, 0.5) is 16.2 Å². The van der Waals surface area contributed by atoms with Crippen molar-refractivity contribution in [1.82, 2.24) is 5.32 Å². The molecular formula is C19H19N3O5. The lowest BCUT2D eigenvalue weighted by Crippen LogP contribution is -2.39. The quantitative estimate of drug-likeness (QED) is 0.864. The van der Waals surface area contributed by atoms with E-state index in [0.717, 1.165) is 5.69 Å². The first-order valence-electron chi connectivity index (χ1n) is 8.54. The molecule has 1 fully saturated rings. The van der Waals surface area contributed by atoms with Crippen LogP contribution in [0.25, 0.3) is 0 Å². The van der Waals surface area contributed by atoms with Crippen LogP contribution < -0.4 is 29.7 Å². The van der Waals surface area contributed by atoms with Crippen molar-refractivity contribution < 1.29 is 23.8 Å². The van der Waals surface area contributed by atoms with Gasteiger partial charge in [-0.2, -0.15) is 0 Å². The fourth-order valence-electron chi connectivity index (χ4n) is 3.16. The van der Waals surface area contributed by atoms with Crippen molar-refractivity contribution in [3.8, 4) is 17.2 Å². The number of amides is 3. The van der Waals surface area contributed by atoms with Gasteiger partial charge in [-0.1, -0.05) is 6.07 Å². The number of benzene rings is 2. The maximum Gasteiger partial charge on any atom is 0.319 e. The summed E-state index contributed by atoms with van der Waals surface area (Å²) in [7, 11) is 1.58. The van der Waals surface area contributed by atoms with Gasteiger partial charge in [-0.3, -0.25) is 4.79 Å². The number of carbonyl (C=O) groups excluding carboxylic acids is 2. The summed E-state index contributed by atoms with van der Waals surface area (Å²) in [5.74, 6) is 1.87. The van der Waals surface area contributed by atoms with E-state index in [4.69, 9.17) is 14.2 Å². The van der Waals surface area contributed by atoms with E-state index in [1.165, 1.54) is 0 Å². The molecule has 2 aromatic rings. The van der Waals surface area contributed by atoms with Crippen LogP contribution in [0.2, 0.25) is 0 Å². The molecule has 2 aliphatic rings. The van der Waals surface area contributed by atoms with E-state index >= 15 is 0 Å². The number of anilines is 2. The smallest absolute Gasteiger partial charge is 0.319 e. The average Bonchev–Trinajstić information content (AvgIpc) is 3.27. The minimum Gasteiger partial charge on any atom is -0.497 e. The fourth-order valence-corrected chi connectivity index (χ4v) is 3.16. The molecule has 8 heteroatoms. The van der Waals surface area contributed by atoms with Gasteiger partial charge in [0, 0.05) is 36.5 Å². The molecule has 140 valence electrons. The van der Waals surface area contributed by atoms with Crippen LogP contribution in [0, 0.1) is 0 Å². The summed E-state index contributed by atoms with van der Waals surface area (Å²) in [6, 6.07) is 11.8. The van der Waals surface area contributed by atoms with E-state index < -0.39 is 0 Å². The third-order valence-electron chi connectivity index (χ3n) is 4.46. The molecule has 1 atom stereocenters. The number of methoxy groups -OCH3 is 1. The lowest BCUT2D eigenvalue weighted by atomic mass is 10.2. The molecule has 3 amide bonds. The van der Waals surface area contributed by atoms with Crippen LogP contribution in [0.15, 0.2) is 42.5 Å². The van der Waals surface area contributed by atoms with Gasteiger partial charge in [-0.05, 0) is 24.3 Å². The molecule has 0 aromatic heterocycles. The zero-order valence-electron chi connectivity index (χ0n) is 14.7. The number of carbonyl (C=O) groups is 2. The van der Waals surface area contributed by atoms with Crippen molar-refractivity contribution in [3.05, 3.63) is 42.5 Å². The summed E-state index contributed by atoms with van der Waals surface area (Å²) in [5, 5.41) is 5.59. The molecule has 4 rings (SSSR count). The maximum atomic E-state index is 12.3. The first kappa shape index (κ1) is 17.0. The molecule has 2 aromatic carbocycles. The van der Waals surface area contributed by atoms with Crippen molar-refractivity contribution in [2.24, 2.45) is 0 Å². The minimum atomic E-state index is -0.376. The highest BCUT2D eigenvalue weighted by atomic mass is 16.7. The van der Waals surface area contributed by atoms with Crippen molar-refractivity contribution in [3.63, 3.8) is 0 Å². The Kier molecular flexibility index (Phi) is 4.45. The molecule has 2 N–H and O–H groups in total. The van der Waals surface area contributed by atoms with E-state index in [1.807, 2.05) is 18.2 Å². The molecule has 0 bridgehead atoms. The van der Waals surface area contributed by atoms with Gasteiger partial charge in [-0.15, -0.1) is 0 Å². The number of nitrogens with zero attached hydrogens (tertiary/aromatic N) is 1. The highest BCUT2D eigenvalue weighted by Crippen LogP contribution is 2.34. The molecule has 1 saturated heterocycles. The van der Waals surface area contributed by atoms with Crippen LogP contribution in [0.5, 0.6) is 17.2 Å². The summed E-state index contributed by atoms with van der Waals surface area (Å²) in [6.45, 7) is 0.579. The Hall–Kier alpha value is -3.42. The monoisotopic (exact) mass is 369 g/mol. The maximum absolute atomic E-state index is 12.3. The van der Waals surface area contributed by atoms with Gasteiger partial charge in [0.25, 0.3) is 0 Å². The van der Waals surface area contributed by atoms with Crippen LogP contribution >= 0.6 is 0 Å². The van der Waals surface area contributed by atoms with Crippen molar-refractivity contribution in [2.75, 3.05) is 30.7 Å². The summed E-state index contributed by atoms with van der Waals surface area (Å²) >= 11 is 0. The number of nitrogens with one attached hydrogen (secondary N) is 2. The highest BCUT2D eigenvalue weighted by molar-refractivity contribution is 5.97. The van der Waals surface area contributed by atoms with Crippen molar-refractivity contribution in [1.29, 1.82) is 0 Å². The molecule has 0 radical (unpaired) electrons. The Labute approximate surface area is 156 Å². The Morgan fingerprint density at radius 3 is 2.89 bits per heavy atom. The molecule has 0 aliphatic carbocycles. The van der Waals surface area contributed by atoms with Gasteiger partial charge < -0.3 is 29.7 Å². The van der Waals surface area contributed by atoms with Gasteiger partial charge in [0.1, 0.15) is 5.75 Å². The molecule has 2 aliphatic heterocycles.